The smallest absolute Gasteiger partial charge is 0.147 e. The van der Waals surface area contributed by atoms with Gasteiger partial charge in [-0.2, -0.15) is 0 Å². The first-order valence-corrected chi connectivity index (χ1v) is 7.84. The van der Waals surface area contributed by atoms with E-state index in [2.05, 4.69) is 38.2 Å². The highest BCUT2D eigenvalue weighted by Gasteiger charge is 2.06. The Labute approximate surface area is 100 Å². The normalized spacial score (nSPS) is 13.5. The van der Waals surface area contributed by atoms with Gasteiger partial charge in [-0.05, 0) is 46.6 Å². The monoisotopic (exact) mass is 247 g/mol. The van der Waals surface area contributed by atoms with Crippen LogP contribution in [0, 0.1) is 0 Å². The number of hydrogen-bond donors (Lipinski definition) is 1. The first kappa shape index (κ1) is 15.7. The molecule has 0 aliphatic carbocycles. The summed E-state index contributed by atoms with van der Waals surface area (Å²) < 4.78 is 21.7. The van der Waals surface area contributed by atoms with Crippen LogP contribution in [0.4, 0.5) is 0 Å². The van der Waals surface area contributed by atoms with Gasteiger partial charge in [0.2, 0.25) is 0 Å². The van der Waals surface area contributed by atoms with Crippen LogP contribution in [0.2, 0.25) is 0 Å². The second-order valence-electron chi connectivity index (χ2n) is 5.21. The molecule has 16 heavy (non-hydrogen) atoms. The molecule has 0 fully saturated rings. The zero-order valence-electron chi connectivity index (χ0n) is 10.9. The van der Waals surface area contributed by atoms with E-state index < -0.39 is 9.84 Å². The van der Waals surface area contributed by atoms with Gasteiger partial charge in [-0.3, -0.25) is 0 Å². The predicted octanol–water partition coefficient (Wildman–Crippen LogP) is 2.15. The van der Waals surface area contributed by atoms with Gasteiger partial charge in [0.05, 0.1) is 5.75 Å². The van der Waals surface area contributed by atoms with Crippen LogP contribution in [0.25, 0.3) is 0 Å². The van der Waals surface area contributed by atoms with E-state index in [1.807, 2.05) is 0 Å². The summed E-state index contributed by atoms with van der Waals surface area (Å²) in [7, 11) is -2.79. The van der Waals surface area contributed by atoms with Crippen molar-refractivity contribution in [1.82, 2.24) is 5.32 Å². The summed E-state index contributed by atoms with van der Waals surface area (Å²) in [5.41, 5.74) is 0.171. The fraction of sp³-hybridized carbons (Fsp3) is 0.833. The van der Waals surface area contributed by atoms with Crippen molar-refractivity contribution < 1.29 is 8.42 Å². The highest BCUT2D eigenvalue weighted by Crippen LogP contribution is 1.99. The second-order valence-corrected chi connectivity index (χ2v) is 7.47. The number of sulfone groups is 1. The van der Waals surface area contributed by atoms with Crippen molar-refractivity contribution >= 4 is 9.84 Å². The fourth-order valence-electron chi connectivity index (χ4n) is 1.23. The van der Waals surface area contributed by atoms with Crippen LogP contribution in [0.5, 0.6) is 0 Å². The Hall–Kier alpha value is -0.350. The lowest BCUT2D eigenvalue weighted by Crippen LogP contribution is -2.36. The first-order chi connectivity index (χ1) is 7.21. The van der Waals surface area contributed by atoms with E-state index in [4.69, 9.17) is 0 Å². The Bertz CT molecular complexity index is 299. The molecule has 0 aromatic carbocycles. The molecule has 0 heterocycles. The van der Waals surface area contributed by atoms with E-state index in [1.54, 1.807) is 0 Å². The highest BCUT2D eigenvalue weighted by molar-refractivity contribution is 7.90. The van der Waals surface area contributed by atoms with Crippen molar-refractivity contribution in [3.8, 4) is 0 Å². The van der Waals surface area contributed by atoms with Gasteiger partial charge >= 0.3 is 0 Å². The number of unbranched alkanes of at least 4 members (excludes halogenated alkanes) is 1. The molecule has 3 nitrogen and oxygen atoms in total. The Morgan fingerprint density at radius 2 is 1.69 bits per heavy atom. The van der Waals surface area contributed by atoms with E-state index in [9.17, 15) is 8.42 Å². The maximum atomic E-state index is 10.8. The van der Waals surface area contributed by atoms with Gasteiger partial charge in [0.15, 0.2) is 0 Å². The average Bonchev–Trinajstić information content (AvgIpc) is 2.06. The molecule has 0 aliphatic heterocycles. The quantitative estimate of drug-likeness (QED) is 0.554. The van der Waals surface area contributed by atoms with Crippen LogP contribution in [-0.2, 0) is 9.84 Å². The molecule has 0 aromatic heterocycles. The summed E-state index contributed by atoms with van der Waals surface area (Å²) in [5, 5.41) is 3.39. The van der Waals surface area contributed by atoms with Gasteiger partial charge in [0.1, 0.15) is 9.84 Å². The third-order valence-corrected chi connectivity index (χ3v) is 3.05. The topological polar surface area (TPSA) is 46.2 Å². The van der Waals surface area contributed by atoms with Crippen molar-refractivity contribution in [2.75, 3.05) is 18.6 Å². The van der Waals surface area contributed by atoms with Gasteiger partial charge in [-0.15, -0.1) is 0 Å². The lowest BCUT2D eigenvalue weighted by molar-refractivity contribution is 0.431. The minimum absolute atomic E-state index is 0.171. The van der Waals surface area contributed by atoms with Crippen LogP contribution >= 0.6 is 0 Å². The molecule has 0 amide bonds. The summed E-state index contributed by atoms with van der Waals surface area (Å²) in [6.45, 7) is 7.39. The Kier molecular flexibility index (Phi) is 6.91. The third-order valence-electron chi connectivity index (χ3n) is 2.02. The molecular formula is C12H25NO2S. The van der Waals surface area contributed by atoms with E-state index >= 15 is 0 Å². The van der Waals surface area contributed by atoms with Gasteiger partial charge in [-0.1, -0.05) is 12.2 Å². The standard InChI is InChI=1S/C12H25NO2S/c1-12(2,3)13-10-8-6-5-7-9-11-16(4,14)15/h5-6,13H,7-11H2,1-4H3. The maximum Gasteiger partial charge on any atom is 0.147 e. The van der Waals surface area contributed by atoms with Crippen molar-refractivity contribution in [2.45, 2.75) is 45.6 Å². The Balaban J connectivity index is 3.43. The number of allylic oxidation sites excluding steroid dienone is 1. The van der Waals surface area contributed by atoms with Gasteiger partial charge < -0.3 is 5.32 Å². The molecular weight excluding hydrogens is 222 g/mol. The van der Waals surface area contributed by atoms with Crippen LogP contribution in [0.1, 0.15) is 40.0 Å². The van der Waals surface area contributed by atoms with Crippen molar-refractivity contribution in [3.63, 3.8) is 0 Å². The molecule has 0 atom stereocenters. The molecule has 0 saturated carbocycles. The second kappa shape index (κ2) is 7.07. The molecule has 1 N–H and O–H groups in total. The molecule has 0 rings (SSSR count). The summed E-state index contributed by atoms with van der Waals surface area (Å²) in [6.07, 6.45) is 8.03. The lowest BCUT2D eigenvalue weighted by atomic mass is 10.1. The molecule has 4 heteroatoms. The molecule has 0 radical (unpaired) electrons. The number of hydrogen-bond acceptors (Lipinski definition) is 3. The van der Waals surface area contributed by atoms with Gasteiger partial charge in [0, 0.05) is 11.8 Å². The summed E-state index contributed by atoms with van der Waals surface area (Å²) in [4.78, 5) is 0. The minimum Gasteiger partial charge on any atom is -0.312 e. The molecule has 96 valence electrons. The van der Waals surface area contributed by atoms with Crippen molar-refractivity contribution in [3.05, 3.63) is 12.2 Å². The van der Waals surface area contributed by atoms with Crippen molar-refractivity contribution in [2.24, 2.45) is 0 Å². The van der Waals surface area contributed by atoms with E-state index in [1.165, 1.54) is 6.26 Å². The maximum absolute atomic E-state index is 10.8. The first-order valence-electron chi connectivity index (χ1n) is 5.78. The van der Waals surface area contributed by atoms with Crippen LogP contribution in [0.15, 0.2) is 12.2 Å². The van der Waals surface area contributed by atoms with E-state index in [-0.39, 0.29) is 11.3 Å². The Morgan fingerprint density at radius 3 is 2.19 bits per heavy atom. The van der Waals surface area contributed by atoms with Crippen LogP contribution in [0.3, 0.4) is 0 Å². The van der Waals surface area contributed by atoms with E-state index in [0.717, 1.165) is 25.8 Å². The van der Waals surface area contributed by atoms with Crippen LogP contribution in [-0.4, -0.2) is 32.5 Å². The number of rotatable bonds is 7. The van der Waals surface area contributed by atoms with E-state index in [0.29, 0.717) is 0 Å². The van der Waals surface area contributed by atoms with Gasteiger partial charge in [0.25, 0.3) is 0 Å². The predicted molar refractivity (Wildman–Crippen MR) is 70.5 cm³/mol. The average molecular weight is 247 g/mol. The lowest BCUT2D eigenvalue weighted by Gasteiger charge is -2.19. The van der Waals surface area contributed by atoms with Gasteiger partial charge in [-0.25, -0.2) is 8.42 Å². The zero-order valence-corrected chi connectivity index (χ0v) is 11.7. The highest BCUT2D eigenvalue weighted by atomic mass is 32.2. The number of nitrogens with one attached hydrogen (secondary N) is 1. The SMILES string of the molecule is CC(C)(C)NCCC=CCCCS(C)(=O)=O. The Morgan fingerprint density at radius 1 is 1.12 bits per heavy atom. The molecule has 0 aliphatic rings. The van der Waals surface area contributed by atoms with Crippen LogP contribution < -0.4 is 5.32 Å². The van der Waals surface area contributed by atoms with Crippen molar-refractivity contribution in [1.29, 1.82) is 0 Å². The molecule has 0 aromatic rings. The molecule has 0 spiro atoms. The molecule has 0 bridgehead atoms. The fourth-order valence-corrected chi connectivity index (χ4v) is 1.92. The largest absolute Gasteiger partial charge is 0.312 e. The molecule has 0 saturated heterocycles. The summed E-state index contributed by atoms with van der Waals surface area (Å²) in [5.74, 6) is 0.289. The summed E-state index contributed by atoms with van der Waals surface area (Å²) in [6, 6.07) is 0. The summed E-state index contributed by atoms with van der Waals surface area (Å²) >= 11 is 0. The third kappa shape index (κ3) is 13.7. The molecule has 0 unspecified atom stereocenters. The zero-order chi connectivity index (χ0) is 12.7. The minimum atomic E-state index is -2.79.